The minimum Gasteiger partial charge on any atom is -0.490 e. The Morgan fingerprint density at radius 3 is 2.83 bits per heavy atom. The summed E-state index contributed by atoms with van der Waals surface area (Å²) in [5.74, 6) is 2.01. The fourth-order valence-electron chi connectivity index (χ4n) is 4.41. The summed E-state index contributed by atoms with van der Waals surface area (Å²) in [6.45, 7) is 3.46. The highest BCUT2D eigenvalue weighted by atomic mass is 19.1. The molecular formula is C21H24FN5O2. The number of nitrogens with one attached hydrogen (secondary N) is 1. The number of anilines is 3. The summed E-state index contributed by atoms with van der Waals surface area (Å²) < 4.78 is 18.9. The van der Waals surface area contributed by atoms with Crippen LogP contribution >= 0.6 is 0 Å². The number of nitrogens with zero attached hydrogens (tertiary/aromatic N) is 4. The predicted molar refractivity (Wildman–Crippen MR) is 108 cm³/mol. The number of benzene rings is 1. The lowest BCUT2D eigenvalue weighted by atomic mass is 9.89. The van der Waals surface area contributed by atoms with E-state index in [0.717, 1.165) is 43.7 Å². The van der Waals surface area contributed by atoms with Crippen LogP contribution in [0.5, 0.6) is 5.75 Å². The van der Waals surface area contributed by atoms with Crippen LogP contribution in [0.3, 0.4) is 0 Å². The van der Waals surface area contributed by atoms with Crippen molar-refractivity contribution in [2.24, 2.45) is 0 Å². The zero-order chi connectivity index (χ0) is 20.0. The average molecular weight is 397 g/mol. The minimum absolute atomic E-state index is 0.0950. The van der Waals surface area contributed by atoms with Crippen LogP contribution in [0.2, 0.25) is 0 Å². The molecule has 1 aromatic carbocycles. The van der Waals surface area contributed by atoms with E-state index in [0.29, 0.717) is 18.2 Å². The second kappa shape index (κ2) is 7.17. The molecule has 2 fully saturated rings. The molecule has 5 rings (SSSR count). The molecule has 1 aliphatic carbocycles. The standard InChI is InChI=1S/C21H24FN5O2/c1-2-26-18-12-23-21(25-19(18)27-9-3-4-17(27)20(26)28)24-14-10-16(11-14)29-15-7-5-13(22)6-8-15/h5-8,12,14,16-17H,2-4,9-11H2,1H3,(H,23,24,25)/t14-,16-,17?. The Kier molecular flexibility index (Phi) is 4.49. The lowest BCUT2D eigenvalue weighted by Crippen LogP contribution is -2.51. The van der Waals surface area contributed by atoms with Crippen LogP contribution in [0.1, 0.15) is 32.6 Å². The Morgan fingerprint density at radius 1 is 1.28 bits per heavy atom. The number of aromatic nitrogens is 2. The number of carbonyl (C=O) groups is 1. The van der Waals surface area contributed by atoms with Crippen LogP contribution in [-0.4, -0.2) is 47.2 Å². The largest absolute Gasteiger partial charge is 0.490 e. The molecule has 1 unspecified atom stereocenters. The molecule has 1 saturated carbocycles. The summed E-state index contributed by atoms with van der Waals surface area (Å²) in [7, 11) is 0. The van der Waals surface area contributed by atoms with Gasteiger partial charge in [-0.05, 0) is 44.0 Å². The minimum atomic E-state index is -0.265. The summed E-state index contributed by atoms with van der Waals surface area (Å²) in [4.78, 5) is 25.8. The van der Waals surface area contributed by atoms with Gasteiger partial charge in [-0.1, -0.05) is 0 Å². The van der Waals surface area contributed by atoms with Crippen LogP contribution in [0, 0.1) is 5.82 Å². The van der Waals surface area contributed by atoms with Crippen molar-refractivity contribution < 1.29 is 13.9 Å². The Bertz CT molecular complexity index is 916. The number of likely N-dealkylation sites (N-methyl/N-ethyl adjacent to an activating group) is 1. The zero-order valence-corrected chi connectivity index (χ0v) is 16.3. The summed E-state index contributed by atoms with van der Waals surface area (Å²) in [5.41, 5.74) is 0.798. The first-order valence-corrected chi connectivity index (χ1v) is 10.3. The van der Waals surface area contributed by atoms with Gasteiger partial charge < -0.3 is 19.9 Å². The molecule has 0 spiro atoms. The number of carbonyl (C=O) groups excluding carboxylic acids is 1. The van der Waals surface area contributed by atoms with Gasteiger partial charge in [0.25, 0.3) is 0 Å². The third kappa shape index (κ3) is 3.26. The molecule has 2 aromatic rings. The smallest absolute Gasteiger partial charge is 0.249 e. The van der Waals surface area contributed by atoms with Gasteiger partial charge in [0.15, 0.2) is 5.82 Å². The van der Waals surface area contributed by atoms with Crippen molar-refractivity contribution in [3.8, 4) is 5.75 Å². The van der Waals surface area contributed by atoms with Crippen LogP contribution in [0.25, 0.3) is 0 Å². The summed E-state index contributed by atoms with van der Waals surface area (Å²) in [5, 5.41) is 3.38. The van der Waals surface area contributed by atoms with Crippen molar-refractivity contribution in [2.45, 2.75) is 50.8 Å². The van der Waals surface area contributed by atoms with E-state index in [-0.39, 0.29) is 29.9 Å². The molecule has 29 heavy (non-hydrogen) atoms. The van der Waals surface area contributed by atoms with Gasteiger partial charge in [0.2, 0.25) is 11.9 Å². The maximum atomic E-state index is 13.0. The van der Waals surface area contributed by atoms with Crippen molar-refractivity contribution in [2.75, 3.05) is 28.2 Å². The van der Waals surface area contributed by atoms with Gasteiger partial charge in [-0.3, -0.25) is 4.79 Å². The average Bonchev–Trinajstić information content (AvgIpc) is 3.19. The molecule has 1 atom stereocenters. The Morgan fingerprint density at radius 2 is 2.07 bits per heavy atom. The molecule has 2 aliphatic heterocycles. The molecule has 0 radical (unpaired) electrons. The summed E-state index contributed by atoms with van der Waals surface area (Å²) in [6.07, 6.45) is 5.42. The molecule has 1 aromatic heterocycles. The molecule has 8 heteroatoms. The lowest BCUT2D eigenvalue weighted by molar-refractivity contribution is -0.119. The van der Waals surface area contributed by atoms with E-state index in [2.05, 4.69) is 15.2 Å². The fourth-order valence-corrected chi connectivity index (χ4v) is 4.41. The highest BCUT2D eigenvalue weighted by molar-refractivity contribution is 6.05. The van der Waals surface area contributed by atoms with Gasteiger partial charge in [-0.25, -0.2) is 9.37 Å². The first kappa shape index (κ1) is 18.1. The maximum Gasteiger partial charge on any atom is 0.249 e. The molecule has 3 heterocycles. The van der Waals surface area contributed by atoms with E-state index in [9.17, 15) is 9.18 Å². The lowest BCUT2D eigenvalue weighted by Gasteiger charge is -2.39. The quantitative estimate of drug-likeness (QED) is 0.837. The van der Waals surface area contributed by atoms with E-state index < -0.39 is 0 Å². The topological polar surface area (TPSA) is 70.6 Å². The van der Waals surface area contributed by atoms with E-state index in [1.54, 1.807) is 23.2 Å². The maximum absolute atomic E-state index is 13.0. The van der Waals surface area contributed by atoms with Crippen molar-refractivity contribution >= 4 is 23.4 Å². The zero-order valence-electron chi connectivity index (χ0n) is 16.3. The van der Waals surface area contributed by atoms with Crippen LogP contribution in [0.15, 0.2) is 30.5 Å². The molecule has 7 nitrogen and oxygen atoms in total. The van der Waals surface area contributed by atoms with Crippen molar-refractivity contribution in [1.82, 2.24) is 9.97 Å². The van der Waals surface area contributed by atoms with Crippen LogP contribution in [-0.2, 0) is 4.79 Å². The molecular weight excluding hydrogens is 373 g/mol. The number of halogens is 1. The third-order valence-corrected chi connectivity index (χ3v) is 5.98. The number of ether oxygens (including phenoxy) is 1. The highest BCUT2D eigenvalue weighted by Crippen LogP contribution is 2.39. The highest BCUT2D eigenvalue weighted by Gasteiger charge is 2.41. The SMILES string of the molecule is CCN1C(=O)C2CCCN2c2nc(N[C@H]3C[C@H](Oc4ccc(F)cc4)C3)ncc21. The molecule has 0 bridgehead atoms. The van der Waals surface area contributed by atoms with E-state index in [1.165, 1.54) is 12.1 Å². The number of hydrogen-bond donors (Lipinski definition) is 1. The Hall–Kier alpha value is -2.90. The summed E-state index contributed by atoms with van der Waals surface area (Å²) in [6, 6.07) is 6.25. The van der Waals surface area contributed by atoms with Gasteiger partial charge in [-0.2, -0.15) is 4.98 Å². The van der Waals surface area contributed by atoms with Gasteiger partial charge in [-0.15, -0.1) is 0 Å². The van der Waals surface area contributed by atoms with E-state index >= 15 is 0 Å². The van der Waals surface area contributed by atoms with Gasteiger partial charge in [0.1, 0.15) is 29.4 Å². The Balaban J connectivity index is 1.25. The molecule has 1 N–H and O–H groups in total. The van der Waals surface area contributed by atoms with Gasteiger partial charge >= 0.3 is 0 Å². The molecule has 152 valence electrons. The van der Waals surface area contributed by atoms with E-state index in [4.69, 9.17) is 9.72 Å². The van der Waals surface area contributed by atoms with Gasteiger partial charge in [0, 0.05) is 32.0 Å². The number of fused-ring (bicyclic) bond motifs is 3. The number of rotatable bonds is 5. The second-order valence-corrected chi connectivity index (χ2v) is 7.84. The van der Waals surface area contributed by atoms with Crippen molar-refractivity contribution in [3.63, 3.8) is 0 Å². The Labute approximate surface area is 168 Å². The van der Waals surface area contributed by atoms with Gasteiger partial charge in [0.05, 0.1) is 6.20 Å². The van der Waals surface area contributed by atoms with Crippen molar-refractivity contribution in [1.29, 1.82) is 0 Å². The first-order chi connectivity index (χ1) is 14.1. The molecule has 1 saturated heterocycles. The normalized spacial score (nSPS) is 25.3. The van der Waals surface area contributed by atoms with Crippen LogP contribution < -0.4 is 19.9 Å². The van der Waals surface area contributed by atoms with Crippen LogP contribution in [0.4, 0.5) is 21.8 Å². The fraction of sp³-hybridized carbons (Fsp3) is 0.476. The monoisotopic (exact) mass is 397 g/mol. The third-order valence-electron chi connectivity index (χ3n) is 5.98. The first-order valence-electron chi connectivity index (χ1n) is 10.3. The molecule has 1 amide bonds. The molecule has 3 aliphatic rings. The van der Waals surface area contributed by atoms with Crippen molar-refractivity contribution in [3.05, 3.63) is 36.3 Å². The second-order valence-electron chi connectivity index (χ2n) is 7.84. The predicted octanol–water partition coefficient (Wildman–Crippen LogP) is 2.97. The number of amides is 1. The van der Waals surface area contributed by atoms with E-state index in [1.807, 2.05) is 6.92 Å². The number of hydrogen-bond acceptors (Lipinski definition) is 6. The summed E-state index contributed by atoms with van der Waals surface area (Å²) >= 11 is 0.